The van der Waals surface area contributed by atoms with Crippen LogP contribution >= 0.6 is 49.6 Å². The summed E-state index contributed by atoms with van der Waals surface area (Å²) in [6.45, 7) is 13.4. The quantitative estimate of drug-likeness (QED) is 0.0519. The minimum absolute atomic E-state index is 0. The molecule has 2 aliphatic rings. The first kappa shape index (κ1) is 56.7. The highest BCUT2D eigenvalue weighted by molar-refractivity contribution is 5.99. The number of fused-ring (bicyclic) bond motifs is 2. The Hall–Kier alpha value is -4.84. The van der Waals surface area contributed by atoms with Gasteiger partial charge in [-0.3, -0.25) is 14.5 Å². The van der Waals surface area contributed by atoms with Gasteiger partial charge in [0.2, 0.25) is 0 Å². The summed E-state index contributed by atoms with van der Waals surface area (Å²) in [4.78, 5) is 64.6. The number of pyridine rings is 2. The van der Waals surface area contributed by atoms with Crippen LogP contribution in [0.2, 0.25) is 0 Å². The zero-order chi connectivity index (χ0) is 46.1. The Labute approximate surface area is 427 Å². The van der Waals surface area contributed by atoms with Crippen molar-refractivity contribution in [2.45, 2.75) is 78.4 Å². The molecule has 376 valence electrons. The van der Waals surface area contributed by atoms with Gasteiger partial charge in [0.05, 0.1) is 11.4 Å². The molecule has 6 aromatic rings. The number of aromatic hydroxyl groups is 1. The number of aromatic carboxylic acids is 1. The summed E-state index contributed by atoms with van der Waals surface area (Å²) < 4.78 is 10.0. The number of hydrogen-bond acceptors (Lipinski definition) is 10. The third-order valence-electron chi connectivity index (χ3n) is 13.8. The fourth-order valence-corrected chi connectivity index (χ4v) is 10.3. The minimum Gasteiger partial charge on any atom is -0.506 e. The van der Waals surface area contributed by atoms with Crippen molar-refractivity contribution in [2.75, 3.05) is 46.3 Å². The van der Waals surface area contributed by atoms with Crippen molar-refractivity contribution in [1.82, 2.24) is 39.5 Å². The van der Waals surface area contributed by atoms with Gasteiger partial charge in [0.1, 0.15) is 5.75 Å². The molecule has 6 N–H and O–H groups in total. The summed E-state index contributed by atoms with van der Waals surface area (Å²) >= 11 is 0. The first-order valence-corrected chi connectivity index (χ1v) is 23.1. The van der Waals surface area contributed by atoms with Crippen LogP contribution < -0.4 is 26.5 Å². The van der Waals surface area contributed by atoms with Crippen LogP contribution in [0.25, 0.3) is 44.3 Å². The van der Waals surface area contributed by atoms with Gasteiger partial charge in [0, 0.05) is 90.6 Å². The smallest absolute Gasteiger partial charge is 0.353 e. The van der Waals surface area contributed by atoms with E-state index in [4.69, 9.17) is 4.74 Å². The van der Waals surface area contributed by atoms with Crippen molar-refractivity contribution >= 4 is 83.4 Å². The number of ether oxygens (including phenoxy) is 1. The Balaban J connectivity index is 0.00000259. The Morgan fingerprint density at radius 2 is 1.26 bits per heavy atom. The van der Waals surface area contributed by atoms with E-state index in [1.54, 1.807) is 13.8 Å². The van der Waals surface area contributed by atoms with E-state index in [2.05, 4.69) is 65.6 Å². The van der Waals surface area contributed by atoms with Crippen LogP contribution in [0.3, 0.4) is 0 Å². The topological polar surface area (TPSA) is 190 Å². The molecule has 2 fully saturated rings. The molecule has 0 spiro atoms. The van der Waals surface area contributed by atoms with Gasteiger partial charge < -0.3 is 49.6 Å². The lowest BCUT2D eigenvalue weighted by atomic mass is 9.98. The molecule has 2 unspecified atom stereocenters. The molecule has 6 heterocycles. The van der Waals surface area contributed by atoms with Crippen molar-refractivity contribution < 1.29 is 24.5 Å². The van der Waals surface area contributed by atoms with E-state index in [0.29, 0.717) is 47.4 Å². The van der Waals surface area contributed by atoms with Gasteiger partial charge >= 0.3 is 11.9 Å². The number of esters is 1. The third-order valence-corrected chi connectivity index (χ3v) is 13.8. The number of H-pyrrole nitrogens is 2. The molecule has 2 aliphatic heterocycles. The van der Waals surface area contributed by atoms with Gasteiger partial charge in [-0.1, -0.05) is 32.9 Å². The van der Waals surface area contributed by atoms with Crippen LogP contribution in [0.5, 0.6) is 11.5 Å². The molecule has 19 heteroatoms. The number of likely N-dealkylation sites (N-methyl/N-ethyl adjacent to an activating group) is 1. The summed E-state index contributed by atoms with van der Waals surface area (Å²) in [6.07, 6.45) is 5.23. The van der Waals surface area contributed by atoms with Crippen LogP contribution in [-0.2, 0) is 40.0 Å². The van der Waals surface area contributed by atoms with Gasteiger partial charge in [-0.25, -0.2) is 9.59 Å². The lowest BCUT2D eigenvalue weighted by Crippen LogP contribution is -2.37. The minimum atomic E-state index is -1.61. The molecule has 0 amide bonds. The molecule has 4 aromatic heterocycles. The second-order valence-corrected chi connectivity index (χ2v) is 17.8. The number of nitrogens with one attached hydrogen (secondary N) is 4. The number of halogens is 4. The first-order chi connectivity index (χ1) is 31.3. The van der Waals surface area contributed by atoms with Crippen molar-refractivity contribution in [3.8, 4) is 34.0 Å². The fraction of sp³-hybridized carbons (Fsp3) is 0.440. The first-order valence-electron chi connectivity index (χ1n) is 23.1. The maximum atomic E-state index is 14.1. The molecule has 2 atom stereocenters. The van der Waals surface area contributed by atoms with Crippen LogP contribution in [-0.4, -0.2) is 103 Å². The largest absolute Gasteiger partial charge is 0.506 e. The number of piperidine rings is 1. The molecule has 0 radical (unpaired) electrons. The molecular formula is C50H66Cl4N8O7. The number of carboxylic acid groups (broad SMARTS) is 1. The van der Waals surface area contributed by atoms with Gasteiger partial charge in [-0.2, -0.15) is 0 Å². The highest BCUT2D eigenvalue weighted by Crippen LogP contribution is 2.36. The summed E-state index contributed by atoms with van der Waals surface area (Å²) in [5.41, 5.74) is 3.21. The van der Waals surface area contributed by atoms with Crippen LogP contribution in [0.4, 0.5) is 0 Å². The molecular weight excluding hydrogens is 966 g/mol. The number of likely N-dealkylation sites (tertiary alicyclic amines) is 2. The lowest BCUT2D eigenvalue weighted by molar-refractivity contribution is 0.0677. The Bertz CT molecular complexity index is 2910. The highest BCUT2D eigenvalue weighted by Gasteiger charge is 2.30. The zero-order valence-electron chi connectivity index (χ0n) is 40.0. The molecule has 69 heavy (non-hydrogen) atoms. The number of nitrogens with zero attached hydrogens (tertiary/aromatic N) is 4. The molecule has 0 saturated carbocycles. The highest BCUT2D eigenvalue weighted by atomic mass is 35.5. The van der Waals surface area contributed by atoms with Crippen LogP contribution in [0.15, 0.2) is 58.1 Å². The maximum Gasteiger partial charge on any atom is 0.353 e. The van der Waals surface area contributed by atoms with Gasteiger partial charge in [0.15, 0.2) is 16.9 Å². The molecule has 15 nitrogen and oxygen atoms in total. The van der Waals surface area contributed by atoms with Crippen LogP contribution in [0, 0.1) is 5.92 Å². The number of carbonyl (C=O) groups excluding carboxylic acids is 1. The van der Waals surface area contributed by atoms with Crippen molar-refractivity contribution in [1.29, 1.82) is 0 Å². The summed E-state index contributed by atoms with van der Waals surface area (Å²) in [5.74, 6) is -3.34. The standard InChI is InChI=1S/C50H62N8O7.4ClH/c1-7-37-43(30-14-16-39-32(20-30)22-35(56(39)5)26-51-24-29-12-10-18-55(4)28-29)53-47(60)41(45(37)59)50(64)65-46-38(8-2)44(54-48(61)42(46)49(62)63)31-15-17-40-33(21-31)23-36(57(40)6)27-52-25-34-13-11-19-58(34)9-3;;;;/h14-17,20-23,29,34,51-52H,7-13,18-19,24-28H2,1-6H3,(H,54,61)(H,62,63)(H2,53,59,60);4*1H. The maximum absolute atomic E-state index is 14.1. The number of aromatic nitrogens is 4. The lowest BCUT2D eigenvalue weighted by Gasteiger charge is -2.29. The zero-order valence-corrected chi connectivity index (χ0v) is 43.3. The van der Waals surface area contributed by atoms with E-state index in [1.807, 2.05) is 50.5 Å². The van der Waals surface area contributed by atoms with E-state index >= 15 is 0 Å². The molecule has 0 bridgehead atoms. The molecule has 0 aliphatic carbocycles. The van der Waals surface area contributed by atoms with Gasteiger partial charge in [-0.15, -0.1) is 49.6 Å². The van der Waals surface area contributed by atoms with Gasteiger partial charge in [0.25, 0.3) is 11.1 Å². The third kappa shape index (κ3) is 11.5. The number of hydrogen-bond donors (Lipinski definition) is 6. The number of carboxylic acids is 1. The number of aryl methyl sites for hydroxylation is 2. The monoisotopic (exact) mass is 1030 g/mol. The summed E-state index contributed by atoms with van der Waals surface area (Å²) in [6, 6.07) is 16.2. The second kappa shape index (κ2) is 24.3. The second-order valence-electron chi connectivity index (χ2n) is 17.8. The Morgan fingerprint density at radius 1 is 0.725 bits per heavy atom. The number of rotatable bonds is 16. The molecule has 8 rings (SSSR count). The van der Waals surface area contributed by atoms with Gasteiger partial charge in [-0.05, 0) is 125 Å². The average molecular weight is 1030 g/mol. The van der Waals surface area contributed by atoms with E-state index in [9.17, 15) is 29.4 Å². The van der Waals surface area contributed by atoms with E-state index < -0.39 is 45.7 Å². The SMILES string of the molecule is CCc1c(-c2ccc3c(c2)cc(CNCC2CCCN(C)C2)n3C)[nH]c(=O)c(C(=O)Oc2c(CC)c(-c3ccc4c(c3)cc(CNCC3CCCN3CC)n4C)[nH]c(=O)c2C(=O)O)c1O.Cl.Cl.Cl.Cl. The van der Waals surface area contributed by atoms with Crippen molar-refractivity contribution in [2.24, 2.45) is 20.0 Å². The number of aromatic amines is 2. The number of benzene rings is 2. The van der Waals surface area contributed by atoms with Crippen molar-refractivity contribution in [3.05, 3.63) is 103 Å². The Morgan fingerprint density at radius 3 is 1.80 bits per heavy atom. The van der Waals surface area contributed by atoms with E-state index in [-0.39, 0.29) is 73.7 Å². The predicted molar refractivity (Wildman–Crippen MR) is 283 cm³/mol. The van der Waals surface area contributed by atoms with E-state index in [1.165, 1.54) is 25.7 Å². The van der Waals surface area contributed by atoms with Crippen molar-refractivity contribution in [3.63, 3.8) is 0 Å². The number of carbonyl (C=O) groups is 2. The van der Waals surface area contributed by atoms with E-state index in [0.717, 1.165) is 72.5 Å². The average Bonchev–Trinajstić information content (AvgIpc) is 3.97. The molecule has 2 aromatic carbocycles. The summed E-state index contributed by atoms with van der Waals surface area (Å²) in [7, 11) is 6.20. The summed E-state index contributed by atoms with van der Waals surface area (Å²) in [5, 5.41) is 31.0. The predicted octanol–water partition coefficient (Wildman–Crippen LogP) is 7.82. The fourth-order valence-electron chi connectivity index (χ4n) is 10.3. The normalized spacial score (nSPS) is 16.1. The molecule has 2 saturated heterocycles. The Kier molecular flexibility index (Phi) is 20.0. The van der Waals surface area contributed by atoms with Crippen LogP contribution in [0.1, 0.15) is 89.7 Å².